The number of hydrogen-bond acceptors (Lipinski definition) is 4. The third-order valence-electron chi connectivity index (χ3n) is 1.86. The number of amides is 1. The van der Waals surface area contributed by atoms with Crippen molar-refractivity contribution in [1.29, 1.82) is 0 Å². The van der Waals surface area contributed by atoms with Gasteiger partial charge < -0.3 is 5.32 Å². The van der Waals surface area contributed by atoms with Crippen molar-refractivity contribution in [2.75, 3.05) is 7.05 Å². The highest BCUT2D eigenvalue weighted by molar-refractivity contribution is 7.80. The lowest BCUT2D eigenvalue weighted by Gasteiger charge is -2.08. The van der Waals surface area contributed by atoms with Crippen LogP contribution < -0.4 is 16.2 Å². The van der Waals surface area contributed by atoms with Gasteiger partial charge in [-0.25, -0.2) is 0 Å². The molecule has 0 aliphatic rings. The Bertz CT molecular complexity index is 446. The quantitative estimate of drug-likeness (QED) is 0.400. The van der Waals surface area contributed by atoms with Crippen LogP contribution in [0.25, 0.3) is 0 Å². The van der Waals surface area contributed by atoms with Crippen LogP contribution in [0.1, 0.15) is 10.4 Å². The first-order chi connectivity index (χ1) is 8.04. The Morgan fingerprint density at radius 3 is 2.35 bits per heavy atom. The maximum absolute atomic E-state index is 11.5. The molecule has 0 atom stereocenters. The molecule has 90 valence electrons. The Hall–Kier alpha value is -2.22. The van der Waals surface area contributed by atoms with Crippen LogP contribution in [0, 0.1) is 10.1 Å². The average Bonchev–Trinajstić information content (AvgIpc) is 2.35. The van der Waals surface area contributed by atoms with Crippen molar-refractivity contribution in [3.63, 3.8) is 0 Å². The summed E-state index contributed by atoms with van der Waals surface area (Å²) in [6, 6.07) is 5.23. The minimum absolute atomic E-state index is 0.0692. The van der Waals surface area contributed by atoms with E-state index in [1.807, 2.05) is 0 Å². The normalized spacial score (nSPS) is 9.24. The van der Waals surface area contributed by atoms with Crippen molar-refractivity contribution in [3.8, 4) is 0 Å². The van der Waals surface area contributed by atoms with E-state index in [0.29, 0.717) is 5.56 Å². The molecule has 1 amide bonds. The third kappa shape index (κ3) is 3.68. The predicted octanol–water partition coefficient (Wildman–Crippen LogP) is 0.333. The van der Waals surface area contributed by atoms with E-state index in [1.54, 1.807) is 7.05 Å². The van der Waals surface area contributed by atoms with E-state index in [4.69, 9.17) is 12.2 Å². The van der Waals surface area contributed by atoms with E-state index >= 15 is 0 Å². The summed E-state index contributed by atoms with van der Waals surface area (Å²) in [5, 5.41) is 13.3. The molecular weight excluding hydrogens is 244 g/mol. The molecule has 0 spiro atoms. The molecule has 0 unspecified atom stereocenters. The van der Waals surface area contributed by atoms with E-state index < -0.39 is 10.8 Å². The molecule has 0 saturated carbocycles. The number of carbonyl (C=O) groups is 1. The number of hydrogen-bond donors (Lipinski definition) is 3. The number of nitro groups is 1. The van der Waals surface area contributed by atoms with Crippen LogP contribution in [0.4, 0.5) is 5.69 Å². The number of hydrazine groups is 1. The second-order valence-corrected chi connectivity index (χ2v) is 3.37. The molecule has 1 aromatic rings. The summed E-state index contributed by atoms with van der Waals surface area (Å²) in [6.45, 7) is 0. The van der Waals surface area contributed by atoms with Crippen LogP contribution in [-0.4, -0.2) is 23.0 Å². The maximum Gasteiger partial charge on any atom is 0.269 e. The minimum atomic E-state index is -0.532. The van der Waals surface area contributed by atoms with E-state index in [-0.39, 0.29) is 10.8 Å². The summed E-state index contributed by atoms with van der Waals surface area (Å²) in [4.78, 5) is 21.4. The van der Waals surface area contributed by atoms with Gasteiger partial charge >= 0.3 is 0 Å². The van der Waals surface area contributed by atoms with Gasteiger partial charge in [-0.15, -0.1) is 0 Å². The van der Waals surface area contributed by atoms with Crippen molar-refractivity contribution in [1.82, 2.24) is 16.2 Å². The van der Waals surface area contributed by atoms with E-state index in [0.717, 1.165) is 0 Å². The van der Waals surface area contributed by atoms with Crippen LogP contribution in [0.3, 0.4) is 0 Å². The highest BCUT2D eigenvalue weighted by Crippen LogP contribution is 2.11. The number of rotatable bonds is 2. The fraction of sp³-hybridized carbons (Fsp3) is 0.111. The summed E-state index contributed by atoms with van der Waals surface area (Å²) in [6.07, 6.45) is 0. The second-order valence-electron chi connectivity index (χ2n) is 2.96. The first-order valence-corrected chi connectivity index (χ1v) is 4.98. The van der Waals surface area contributed by atoms with Gasteiger partial charge in [0.15, 0.2) is 5.11 Å². The van der Waals surface area contributed by atoms with Gasteiger partial charge in [0.25, 0.3) is 11.6 Å². The fourth-order valence-corrected chi connectivity index (χ4v) is 1.03. The molecule has 0 bridgehead atoms. The second kappa shape index (κ2) is 5.75. The lowest BCUT2D eigenvalue weighted by Crippen LogP contribution is -2.45. The first-order valence-electron chi connectivity index (χ1n) is 4.57. The van der Waals surface area contributed by atoms with Gasteiger partial charge in [-0.05, 0) is 24.4 Å². The van der Waals surface area contributed by atoms with Crippen LogP contribution in [0.15, 0.2) is 24.3 Å². The summed E-state index contributed by atoms with van der Waals surface area (Å²) in [7, 11) is 1.60. The first kappa shape index (κ1) is 12.8. The third-order valence-corrected chi connectivity index (χ3v) is 2.16. The van der Waals surface area contributed by atoms with E-state index in [2.05, 4.69) is 16.2 Å². The highest BCUT2D eigenvalue weighted by atomic mass is 32.1. The Morgan fingerprint density at radius 2 is 1.88 bits per heavy atom. The van der Waals surface area contributed by atoms with Crippen LogP contribution >= 0.6 is 12.2 Å². The number of thiocarbonyl (C=S) groups is 1. The molecule has 3 N–H and O–H groups in total. The molecule has 0 aliphatic heterocycles. The van der Waals surface area contributed by atoms with Crippen molar-refractivity contribution < 1.29 is 9.72 Å². The molecular formula is C9H10N4O3S. The zero-order valence-corrected chi connectivity index (χ0v) is 9.71. The molecule has 1 aromatic carbocycles. The number of nitrogens with zero attached hydrogens (tertiary/aromatic N) is 1. The Kier molecular flexibility index (Phi) is 4.35. The monoisotopic (exact) mass is 254 g/mol. The van der Waals surface area contributed by atoms with Gasteiger partial charge in [-0.2, -0.15) is 0 Å². The van der Waals surface area contributed by atoms with Crippen molar-refractivity contribution in [3.05, 3.63) is 39.9 Å². The van der Waals surface area contributed by atoms with Crippen molar-refractivity contribution >= 4 is 28.9 Å². The number of carbonyl (C=O) groups excluding carboxylic acids is 1. The molecule has 0 saturated heterocycles. The van der Waals surface area contributed by atoms with E-state index in [1.165, 1.54) is 24.3 Å². The van der Waals surface area contributed by atoms with Crippen molar-refractivity contribution in [2.24, 2.45) is 0 Å². The lowest BCUT2D eigenvalue weighted by molar-refractivity contribution is -0.384. The zero-order chi connectivity index (χ0) is 12.8. The molecule has 17 heavy (non-hydrogen) atoms. The summed E-state index contributed by atoms with van der Waals surface area (Å²) < 4.78 is 0. The fourth-order valence-electron chi connectivity index (χ4n) is 0.983. The number of benzene rings is 1. The SMILES string of the molecule is CNC(=S)NNC(=O)c1ccc([N+](=O)[O-])cc1. The standard InChI is InChI=1S/C9H10N4O3S/c1-10-9(17)12-11-8(14)6-2-4-7(5-3-6)13(15)16/h2-5H,1H3,(H,11,14)(H2,10,12,17). The van der Waals surface area contributed by atoms with Crippen LogP contribution in [0.2, 0.25) is 0 Å². The largest absolute Gasteiger partial charge is 0.364 e. The van der Waals surface area contributed by atoms with Gasteiger partial charge in [0.2, 0.25) is 0 Å². The minimum Gasteiger partial charge on any atom is -0.364 e. The van der Waals surface area contributed by atoms with Gasteiger partial charge in [0.1, 0.15) is 0 Å². The predicted molar refractivity (Wildman–Crippen MR) is 65.4 cm³/mol. The van der Waals surface area contributed by atoms with Gasteiger partial charge in [-0.1, -0.05) is 0 Å². The topological polar surface area (TPSA) is 96.3 Å². The Morgan fingerprint density at radius 1 is 1.29 bits per heavy atom. The molecule has 0 fully saturated rings. The summed E-state index contributed by atoms with van der Waals surface area (Å²) in [5.74, 6) is -0.433. The van der Waals surface area contributed by atoms with E-state index in [9.17, 15) is 14.9 Å². The van der Waals surface area contributed by atoms with Gasteiger partial charge in [0, 0.05) is 24.7 Å². The molecule has 8 heteroatoms. The summed E-state index contributed by atoms with van der Waals surface area (Å²) >= 11 is 4.75. The van der Waals surface area contributed by atoms with Gasteiger partial charge in [0.05, 0.1) is 4.92 Å². The number of non-ortho nitro benzene ring substituents is 1. The average molecular weight is 254 g/mol. The molecule has 0 aromatic heterocycles. The zero-order valence-electron chi connectivity index (χ0n) is 8.89. The number of nitro benzene ring substituents is 1. The van der Waals surface area contributed by atoms with Gasteiger partial charge in [-0.3, -0.25) is 25.8 Å². The smallest absolute Gasteiger partial charge is 0.269 e. The molecule has 7 nitrogen and oxygen atoms in total. The number of nitrogens with one attached hydrogen (secondary N) is 3. The van der Waals surface area contributed by atoms with Crippen LogP contribution in [-0.2, 0) is 0 Å². The van der Waals surface area contributed by atoms with Crippen molar-refractivity contribution in [2.45, 2.75) is 0 Å². The Balaban J connectivity index is 2.64. The van der Waals surface area contributed by atoms with Crippen LogP contribution in [0.5, 0.6) is 0 Å². The molecule has 0 aliphatic carbocycles. The highest BCUT2D eigenvalue weighted by Gasteiger charge is 2.08. The molecule has 0 radical (unpaired) electrons. The molecule has 1 rings (SSSR count). The lowest BCUT2D eigenvalue weighted by atomic mass is 10.2. The maximum atomic E-state index is 11.5. The molecule has 0 heterocycles. The summed E-state index contributed by atoms with van der Waals surface area (Å²) in [5.41, 5.74) is 5.02. The Labute approximate surface area is 102 Å².